The van der Waals surface area contributed by atoms with E-state index in [4.69, 9.17) is 9.47 Å². The van der Waals surface area contributed by atoms with Gasteiger partial charge in [-0.2, -0.15) is 13.2 Å². The van der Waals surface area contributed by atoms with Crippen LogP contribution in [0.4, 0.5) is 13.2 Å². The van der Waals surface area contributed by atoms with Crippen molar-refractivity contribution < 1.29 is 27.4 Å². The standard InChI is InChI=1S/C12H19F3N2O3/c1-4-8-10(18-2)17-9(11(16-8)19-3)5-6-20-7-12(13,14)15/h8-9H,4-7H2,1-3H3/t8-,9+/m1/s1. The fourth-order valence-electron chi connectivity index (χ4n) is 1.80. The minimum Gasteiger partial charge on any atom is -0.483 e. The molecule has 0 aromatic heterocycles. The van der Waals surface area contributed by atoms with Gasteiger partial charge in [-0.15, -0.1) is 0 Å². The molecule has 0 unspecified atom stereocenters. The zero-order valence-corrected chi connectivity index (χ0v) is 11.7. The molecule has 1 aliphatic heterocycles. The van der Waals surface area contributed by atoms with Gasteiger partial charge in [0.05, 0.1) is 14.2 Å². The van der Waals surface area contributed by atoms with Crippen LogP contribution < -0.4 is 0 Å². The fraction of sp³-hybridized carbons (Fsp3) is 0.833. The predicted octanol–water partition coefficient (Wildman–Crippen LogP) is 2.21. The smallest absolute Gasteiger partial charge is 0.411 e. The third kappa shape index (κ3) is 4.99. The molecule has 0 radical (unpaired) electrons. The zero-order chi connectivity index (χ0) is 15.2. The van der Waals surface area contributed by atoms with E-state index in [1.807, 2.05) is 6.92 Å². The molecular weight excluding hydrogens is 277 g/mol. The first-order valence-corrected chi connectivity index (χ1v) is 6.29. The lowest BCUT2D eigenvalue weighted by atomic mass is 10.1. The average molecular weight is 296 g/mol. The number of methoxy groups -OCH3 is 2. The van der Waals surface area contributed by atoms with Gasteiger partial charge in [-0.3, -0.25) is 0 Å². The second-order valence-corrected chi connectivity index (χ2v) is 4.24. The number of hydrogen-bond acceptors (Lipinski definition) is 5. The minimum absolute atomic E-state index is 0.0795. The number of hydrogen-bond donors (Lipinski definition) is 0. The van der Waals surface area contributed by atoms with Crippen molar-refractivity contribution in [3.63, 3.8) is 0 Å². The predicted molar refractivity (Wildman–Crippen MR) is 68.2 cm³/mol. The Labute approximate surface area is 115 Å². The Bertz CT molecular complexity index is 369. The van der Waals surface area contributed by atoms with Crippen molar-refractivity contribution in [3.8, 4) is 0 Å². The summed E-state index contributed by atoms with van der Waals surface area (Å²) in [6, 6.07) is -0.673. The molecule has 0 amide bonds. The van der Waals surface area contributed by atoms with Crippen LogP contribution in [0.2, 0.25) is 0 Å². The van der Waals surface area contributed by atoms with Crippen molar-refractivity contribution in [3.05, 3.63) is 0 Å². The van der Waals surface area contributed by atoms with E-state index in [0.29, 0.717) is 18.2 Å². The van der Waals surface area contributed by atoms with Crippen LogP contribution in [-0.2, 0) is 14.2 Å². The van der Waals surface area contributed by atoms with Crippen molar-refractivity contribution in [2.24, 2.45) is 9.98 Å². The Balaban J connectivity index is 2.56. The van der Waals surface area contributed by atoms with Crippen molar-refractivity contribution in [1.29, 1.82) is 0 Å². The number of alkyl halides is 3. The minimum atomic E-state index is -4.32. The highest BCUT2D eigenvalue weighted by Crippen LogP contribution is 2.17. The average Bonchev–Trinajstić information content (AvgIpc) is 2.41. The van der Waals surface area contributed by atoms with Gasteiger partial charge in [-0.05, 0) is 6.42 Å². The van der Waals surface area contributed by atoms with Crippen molar-refractivity contribution >= 4 is 11.8 Å². The van der Waals surface area contributed by atoms with Crippen LogP contribution in [0.5, 0.6) is 0 Å². The van der Waals surface area contributed by atoms with Crippen LogP contribution in [0.25, 0.3) is 0 Å². The molecule has 1 heterocycles. The second kappa shape index (κ2) is 7.47. The summed E-state index contributed by atoms with van der Waals surface area (Å²) >= 11 is 0. The van der Waals surface area contributed by atoms with E-state index in [2.05, 4.69) is 14.7 Å². The van der Waals surface area contributed by atoms with Crippen LogP contribution in [0.15, 0.2) is 9.98 Å². The normalized spacial score (nSPS) is 23.1. The first-order chi connectivity index (χ1) is 9.41. The van der Waals surface area contributed by atoms with E-state index in [9.17, 15) is 13.2 Å². The third-order valence-corrected chi connectivity index (χ3v) is 2.74. The third-order valence-electron chi connectivity index (χ3n) is 2.74. The Kier molecular flexibility index (Phi) is 6.25. The maximum Gasteiger partial charge on any atom is 0.411 e. The lowest BCUT2D eigenvalue weighted by molar-refractivity contribution is -0.174. The second-order valence-electron chi connectivity index (χ2n) is 4.24. The zero-order valence-electron chi connectivity index (χ0n) is 11.7. The highest BCUT2D eigenvalue weighted by Gasteiger charge is 2.30. The van der Waals surface area contributed by atoms with Gasteiger partial charge in [0, 0.05) is 13.0 Å². The van der Waals surface area contributed by atoms with Crippen molar-refractivity contribution in [2.75, 3.05) is 27.4 Å². The number of ether oxygens (including phenoxy) is 3. The molecule has 5 nitrogen and oxygen atoms in total. The number of halogens is 3. The van der Waals surface area contributed by atoms with Gasteiger partial charge in [0.1, 0.15) is 18.7 Å². The lowest BCUT2D eigenvalue weighted by Crippen LogP contribution is -2.35. The largest absolute Gasteiger partial charge is 0.483 e. The van der Waals surface area contributed by atoms with Crippen molar-refractivity contribution in [1.82, 2.24) is 0 Å². The van der Waals surface area contributed by atoms with Gasteiger partial charge < -0.3 is 14.2 Å². The summed E-state index contributed by atoms with van der Waals surface area (Å²) in [6.45, 7) is 0.588. The highest BCUT2D eigenvalue weighted by atomic mass is 19.4. The van der Waals surface area contributed by atoms with Crippen LogP contribution in [0, 0.1) is 0 Å². The molecule has 0 spiro atoms. The highest BCUT2D eigenvalue weighted by molar-refractivity contribution is 5.93. The van der Waals surface area contributed by atoms with E-state index < -0.39 is 18.8 Å². The lowest BCUT2D eigenvalue weighted by Gasteiger charge is -2.24. The van der Waals surface area contributed by atoms with Gasteiger partial charge in [0.15, 0.2) is 0 Å². The molecule has 0 fully saturated rings. The molecule has 20 heavy (non-hydrogen) atoms. The summed E-state index contributed by atoms with van der Waals surface area (Å²) < 4.78 is 50.7. The quantitative estimate of drug-likeness (QED) is 0.731. The maximum atomic E-state index is 12.0. The molecule has 1 rings (SSSR count). The Morgan fingerprint density at radius 3 is 2.10 bits per heavy atom. The molecule has 8 heteroatoms. The first kappa shape index (κ1) is 16.7. The number of nitrogens with zero attached hydrogens (tertiary/aromatic N) is 2. The van der Waals surface area contributed by atoms with Crippen LogP contribution >= 0.6 is 0 Å². The first-order valence-electron chi connectivity index (χ1n) is 6.29. The van der Waals surface area contributed by atoms with E-state index in [-0.39, 0.29) is 19.1 Å². The molecule has 0 aromatic carbocycles. The van der Waals surface area contributed by atoms with E-state index in [1.54, 1.807) is 0 Å². The molecule has 0 saturated heterocycles. The molecule has 0 aliphatic carbocycles. The van der Waals surface area contributed by atoms with Crippen molar-refractivity contribution in [2.45, 2.75) is 38.0 Å². The molecule has 1 aliphatic rings. The summed E-state index contributed by atoms with van der Waals surface area (Å²) in [5.74, 6) is 0.863. The summed E-state index contributed by atoms with van der Waals surface area (Å²) in [6.07, 6.45) is -3.36. The van der Waals surface area contributed by atoms with Crippen LogP contribution in [0.3, 0.4) is 0 Å². The fourth-order valence-corrected chi connectivity index (χ4v) is 1.80. The summed E-state index contributed by atoms with van der Waals surface area (Å²) in [7, 11) is 2.95. The topological polar surface area (TPSA) is 52.4 Å². The van der Waals surface area contributed by atoms with Gasteiger partial charge in [-0.25, -0.2) is 9.98 Å². The molecule has 2 atom stereocenters. The number of aliphatic imine (C=N–C) groups is 2. The Morgan fingerprint density at radius 1 is 1.05 bits per heavy atom. The summed E-state index contributed by atoms with van der Waals surface area (Å²) in [5.41, 5.74) is 0. The molecular formula is C12H19F3N2O3. The van der Waals surface area contributed by atoms with Gasteiger partial charge in [0.25, 0.3) is 0 Å². The van der Waals surface area contributed by atoms with Gasteiger partial charge in [0.2, 0.25) is 11.8 Å². The number of rotatable bonds is 5. The van der Waals surface area contributed by atoms with E-state index in [1.165, 1.54) is 14.2 Å². The Morgan fingerprint density at radius 2 is 1.60 bits per heavy atom. The SMILES string of the molecule is CC[C@H]1N=C(OC)[C@H](CCOCC(F)(F)F)N=C1OC. The summed E-state index contributed by atoms with van der Waals surface area (Å²) in [5, 5.41) is 0. The molecule has 0 bridgehead atoms. The van der Waals surface area contributed by atoms with Gasteiger partial charge >= 0.3 is 6.18 Å². The van der Waals surface area contributed by atoms with Crippen LogP contribution in [-0.4, -0.2) is 57.5 Å². The monoisotopic (exact) mass is 296 g/mol. The molecule has 116 valence electrons. The van der Waals surface area contributed by atoms with E-state index >= 15 is 0 Å². The van der Waals surface area contributed by atoms with E-state index in [0.717, 1.165) is 0 Å². The molecule has 0 saturated carbocycles. The Hall–Kier alpha value is -1.31. The van der Waals surface area contributed by atoms with Gasteiger partial charge in [-0.1, -0.05) is 6.92 Å². The van der Waals surface area contributed by atoms with Crippen LogP contribution in [0.1, 0.15) is 19.8 Å². The molecule has 0 N–H and O–H groups in total. The molecule has 0 aromatic rings. The maximum absolute atomic E-state index is 12.0. The summed E-state index contributed by atoms with van der Waals surface area (Å²) in [4.78, 5) is 8.66.